The number of imidazole rings is 1. The van der Waals surface area contributed by atoms with Gasteiger partial charge in [0.2, 0.25) is 0 Å². The Bertz CT molecular complexity index is 543. The minimum atomic E-state index is -0.214. The van der Waals surface area contributed by atoms with Crippen molar-refractivity contribution in [3.8, 4) is 0 Å². The Balaban J connectivity index is 1.92. The van der Waals surface area contributed by atoms with E-state index >= 15 is 0 Å². The molecular weight excluding hydrogens is 275 g/mol. The molecule has 0 spiro atoms. The summed E-state index contributed by atoms with van der Waals surface area (Å²) in [5.41, 5.74) is 2.81. The number of hydrazine groups is 1. The molecule has 1 atom stereocenters. The SMILES string of the molecule is CCn1ccnc1CC(CSc1cccc(F)c1)NN. The second-order valence-corrected chi connectivity index (χ2v) is 5.56. The quantitative estimate of drug-likeness (QED) is 0.467. The zero-order valence-electron chi connectivity index (χ0n) is 11.4. The van der Waals surface area contributed by atoms with Crippen LogP contribution in [0, 0.1) is 5.82 Å². The van der Waals surface area contributed by atoms with Crippen molar-refractivity contribution in [1.29, 1.82) is 0 Å². The number of thioether (sulfide) groups is 1. The Kier molecular flexibility index (Phi) is 5.58. The molecule has 0 fully saturated rings. The number of halogens is 1. The van der Waals surface area contributed by atoms with E-state index in [1.165, 1.54) is 12.1 Å². The largest absolute Gasteiger partial charge is 0.335 e. The molecule has 0 saturated carbocycles. The summed E-state index contributed by atoms with van der Waals surface area (Å²) in [6, 6.07) is 6.68. The predicted molar refractivity (Wildman–Crippen MR) is 79.8 cm³/mol. The molecule has 1 unspecified atom stereocenters. The smallest absolute Gasteiger partial charge is 0.124 e. The van der Waals surface area contributed by atoms with Crippen LogP contribution in [-0.4, -0.2) is 21.3 Å². The molecule has 0 aliphatic carbocycles. The van der Waals surface area contributed by atoms with E-state index in [1.807, 2.05) is 12.3 Å². The first-order valence-electron chi connectivity index (χ1n) is 6.57. The summed E-state index contributed by atoms with van der Waals surface area (Å²) < 4.78 is 15.2. The fraction of sp³-hybridized carbons (Fsp3) is 0.357. The molecule has 0 aliphatic rings. The molecule has 0 amide bonds. The topological polar surface area (TPSA) is 55.9 Å². The minimum absolute atomic E-state index is 0.0935. The summed E-state index contributed by atoms with van der Waals surface area (Å²) in [6.07, 6.45) is 4.51. The molecule has 20 heavy (non-hydrogen) atoms. The molecule has 6 heteroatoms. The van der Waals surface area contributed by atoms with Crippen molar-refractivity contribution in [2.24, 2.45) is 5.84 Å². The Labute approximate surface area is 122 Å². The molecule has 2 aromatic rings. The number of benzene rings is 1. The van der Waals surface area contributed by atoms with E-state index in [2.05, 4.69) is 21.9 Å². The first-order valence-corrected chi connectivity index (χ1v) is 7.56. The molecule has 0 radical (unpaired) electrons. The lowest BCUT2D eigenvalue weighted by molar-refractivity contribution is 0.543. The Morgan fingerprint density at radius 1 is 1.50 bits per heavy atom. The maximum atomic E-state index is 13.1. The molecule has 108 valence electrons. The van der Waals surface area contributed by atoms with Crippen molar-refractivity contribution in [2.75, 3.05) is 5.75 Å². The fourth-order valence-corrected chi connectivity index (χ4v) is 2.94. The van der Waals surface area contributed by atoms with Gasteiger partial charge in [0.15, 0.2) is 0 Å². The van der Waals surface area contributed by atoms with Crippen molar-refractivity contribution in [1.82, 2.24) is 15.0 Å². The van der Waals surface area contributed by atoms with Crippen molar-refractivity contribution in [3.63, 3.8) is 0 Å². The van der Waals surface area contributed by atoms with Crippen LogP contribution < -0.4 is 11.3 Å². The van der Waals surface area contributed by atoms with Crippen LogP contribution in [0.1, 0.15) is 12.7 Å². The standard InChI is InChI=1S/C14H19FN4S/c1-2-19-7-6-17-14(19)9-12(18-16)10-20-13-5-3-4-11(15)8-13/h3-8,12,18H,2,9-10,16H2,1H3. The molecule has 1 aromatic carbocycles. The zero-order chi connectivity index (χ0) is 14.4. The van der Waals surface area contributed by atoms with Gasteiger partial charge in [-0.15, -0.1) is 11.8 Å². The molecular formula is C14H19FN4S. The highest BCUT2D eigenvalue weighted by Crippen LogP contribution is 2.20. The van der Waals surface area contributed by atoms with Gasteiger partial charge in [-0.05, 0) is 25.1 Å². The number of nitrogens with one attached hydrogen (secondary N) is 1. The second-order valence-electron chi connectivity index (χ2n) is 4.47. The normalized spacial score (nSPS) is 12.6. The summed E-state index contributed by atoms with van der Waals surface area (Å²) in [5.74, 6) is 7.16. The van der Waals surface area contributed by atoms with Crippen molar-refractivity contribution in [3.05, 3.63) is 48.3 Å². The number of hydrogen-bond acceptors (Lipinski definition) is 4. The number of rotatable bonds is 7. The molecule has 0 bridgehead atoms. The monoisotopic (exact) mass is 294 g/mol. The molecule has 0 saturated heterocycles. The van der Waals surface area contributed by atoms with Crippen LogP contribution in [0.15, 0.2) is 41.6 Å². The van der Waals surface area contributed by atoms with E-state index in [-0.39, 0.29) is 11.9 Å². The average molecular weight is 294 g/mol. The predicted octanol–water partition coefficient (Wildman–Crippen LogP) is 2.21. The molecule has 1 aromatic heterocycles. The van der Waals surface area contributed by atoms with E-state index in [9.17, 15) is 4.39 Å². The second kappa shape index (κ2) is 7.42. The summed E-state index contributed by atoms with van der Waals surface area (Å²) in [4.78, 5) is 5.25. The third kappa shape index (κ3) is 4.06. The lowest BCUT2D eigenvalue weighted by atomic mass is 10.2. The number of hydrogen-bond donors (Lipinski definition) is 2. The molecule has 3 N–H and O–H groups in total. The van der Waals surface area contributed by atoms with E-state index in [1.54, 1.807) is 24.0 Å². The van der Waals surface area contributed by atoms with Gasteiger partial charge < -0.3 is 4.57 Å². The molecule has 2 rings (SSSR count). The van der Waals surface area contributed by atoms with Gasteiger partial charge in [0, 0.05) is 42.0 Å². The molecule has 1 heterocycles. The molecule has 0 aliphatic heterocycles. The molecule has 4 nitrogen and oxygen atoms in total. The number of nitrogens with two attached hydrogens (primary N) is 1. The van der Waals surface area contributed by atoms with Gasteiger partial charge in [-0.3, -0.25) is 11.3 Å². The Morgan fingerprint density at radius 3 is 3.05 bits per heavy atom. The zero-order valence-corrected chi connectivity index (χ0v) is 12.2. The number of nitrogens with zero attached hydrogens (tertiary/aromatic N) is 2. The van der Waals surface area contributed by atoms with Crippen molar-refractivity contribution < 1.29 is 4.39 Å². The van der Waals surface area contributed by atoms with Crippen LogP contribution in [0.2, 0.25) is 0 Å². The summed E-state index contributed by atoms with van der Waals surface area (Å²) in [5, 5.41) is 0. The minimum Gasteiger partial charge on any atom is -0.335 e. The van der Waals surface area contributed by atoms with E-state index < -0.39 is 0 Å². The fourth-order valence-electron chi connectivity index (χ4n) is 1.96. The van der Waals surface area contributed by atoms with Gasteiger partial charge in [0.05, 0.1) is 0 Å². The van der Waals surface area contributed by atoms with E-state index in [4.69, 9.17) is 5.84 Å². The van der Waals surface area contributed by atoms with Gasteiger partial charge in [-0.1, -0.05) is 6.07 Å². The van der Waals surface area contributed by atoms with Crippen LogP contribution in [0.3, 0.4) is 0 Å². The average Bonchev–Trinajstić information content (AvgIpc) is 2.90. The van der Waals surface area contributed by atoms with Gasteiger partial charge in [-0.2, -0.15) is 0 Å². The highest BCUT2D eigenvalue weighted by Gasteiger charge is 2.12. The summed E-state index contributed by atoms with van der Waals surface area (Å²) in [6.45, 7) is 2.97. The highest BCUT2D eigenvalue weighted by atomic mass is 32.2. The lowest BCUT2D eigenvalue weighted by Gasteiger charge is -2.15. The van der Waals surface area contributed by atoms with Gasteiger partial charge in [-0.25, -0.2) is 9.37 Å². The summed E-state index contributed by atoms with van der Waals surface area (Å²) in [7, 11) is 0. The Hall–Kier alpha value is -1.37. The van der Waals surface area contributed by atoms with Gasteiger partial charge in [0.25, 0.3) is 0 Å². The van der Waals surface area contributed by atoms with Crippen LogP contribution >= 0.6 is 11.8 Å². The van der Waals surface area contributed by atoms with Crippen molar-refractivity contribution >= 4 is 11.8 Å². The maximum absolute atomic E-state index is 13.1. The van der Waals surface area contributed by atoms with E-state index in [0.29, 0.717) is 0 Å². The first kappa shape index (κ1) is 15.0. The number of aromatic nitrogens is 2. The summed E-state index contributed by atoms with van der Waals surface area (Å²) >= 11 is 1.58. The van der Waals surface area contributed by atoms with Crippen LogP contribution in [-0.2, 0) is 13.0 Å². The third-order valence-electron chi connectivity index (χ3n) is 3.05. The van der Waals surface area contributed by atoms with Gasteiger partial charge in [0.1, 0.15) is 11.6 Å². The first-order chi connectivity index (χ1) is 9.72. The Morgan fingerprint density at radius 2 is 2.35 bits per heavy atom. The van der Waals surface area contributed by atoms with E-state index in [0.717, 1.165) is 29.4 Å². The maximum Gasteiger partial charge on any atom is 0.124 e. The van der Waals surface area contributed by atoms with Gasteiger partial charge >= 0.3 is 0 Å². The highest BCUT2D eigenvalue weighted by molar-refractivity contribution is 7.99. The van der Waals surface area contributed by atoms with Crippen LogP contribution in [0.4, 0.5) is 4.39 Å². The number of aryl methyl sites for hydroxylation is 1. The van der Waals surface area contributed by atoms with Crippen molar-refractivity contribution in [2.45, 2.75) is 30.8 Å². The van der Waals surface area contributed by atoms with Crippen LogP contribution in [0.25, 0.3) is 0 Å². The third-order valence-corrected chi connectivity index (χ3v) is 4.21. The van der Waals surface area contributed by atoms with Crippen LogP contribution in [0.5, 0.6) is 0 Å². The lowest BCUT2D eigenvalue weighted by Crippen LogP contribution is -2.39.